The van der Waals surface area contributed by atoms with E-state index in [1.165, 1.54) is 5.56 Å². The van der Waals surface area contributed by atoms with Gasteiger partial charge in [0.05, 0.1) is 7.11 Å². The van der Waals surface area contributed by atoms with Crippen LogP contribution in [0.3, 0.4) is 0 Å². The molecule has 0 fully saturated rings. The van der Waals surface area contributed by atoms with Gasteiger partial charge in [-0.1, -0.05) is 70.5 Å². The third-order valence-electron chi connectivity index (χ3n) is 5.96. The van der Waals surface area contributed by atoms with Crippen LogP contribution in [0.1, 0.15) is 70.6 Å². The highest BCUT2D eigenvalue weighted by atomic mass is 16.5. The maximum Gasteiger partial charge on any atom is 0.242 e. The number of benzene rings is 2. The quantitative estimate of drug-likeness (QED) is 0.473. The van der Waals surface area contributed by atoms with Crippen molar-refractivity contribution in [3.05, 3.63) is 65.2 Å². The number of nitrogens with one attached hydrogen (secondary N) is 1. The molecule has 0 heterocycles. The van der Waals surface area contributed by atoms with E-state index in [2.05, 4.69) is 57.3 Å². The van der Waals surface area contributed by atoms with Gasteiger partial charge in [-0.3, -0.25) is 9.59 Å². The highest BCUT2D eigenvalue weighted by Gasteiger charge is 2.25. The zero-order chi connectivity index (χ0) is 24.4. The summed E-state index contributed by atoms with van der Waals surface area (Å²) in [5.74, 6) is 0.629. The van der Waals surface area contributed by atoms with E-state index < -0.39 is 6.04 Å². The first-order valence-corrected chi connectivity index (χ1v) is 11.9. The molecule has 1 atom stereocenters. The Labute approximate surface area is 199 Å². The normalized spacial score (nSPS) is 12.2. The zero-order valence-corrected chi connectivity index (χ0v) is 21.1. The second-order valence-electron chi connectivity index (χ2n) is 9.64. The van der Waals surface area contributed by atoms with Crippen molar-refractivity contribution in [1.82, 2.24) is 10.2 Å². The number of nitrogens with zero attached hydrogens (tertiary/aromatic N) is 1. The molecule has 0 spiro atoms. The van der Waals surface area contributed by atoms with Crippen LogP contribution in [0.2, 0.25) is 0 Å². The summed E-state index contributed by atoms with van der Waals surface area (Å²) in [4.78, 5) is 27.7. The maximum atomic E-state index is 13.3. The fourth-order valence-corrected chi connectivity index (χ4v) is 3.61. The molecule has 5 nitrogen and oxygen atoms in total. The summed E-state index contributed by atoms with van der Waals surface area (Å²) < 4.78 is 5.23. The number of ether oxygens (including phenoxy) is 1. The number of hydrogen-bond donors (Lipinski definition) is 1. The lowest BCUT2D eigenvalue weighted by atomic mass is 9.86. The summed E-state index contributed by atoms with van der Waals surface area (Å²) >= 11 is 0. The van der Waals surface area contributed by atoms with Crippen LogP contribution < -0.4 is 10.1 Å². The fourth-order valence-electron chi connectivity index (χ4n) is 3.61. The van der Waals surface area contributed by atoms with E-state index in [9.17, 15) is 9.59 Å². The van der Waals surface area contributed by atoms with Gasteiger partial charge < -0.3 is 15.0 Å². The van der Waals surface area contributed by atoms with Crippen molar-refractivity contribution < 1.29 is 14.3 Å². The van der Waals surface area contributed by atoms with Crippen molar-refractivity contribution in [3.63, 3.8) is 0 Å². The number of methoxy groups -OCH3 is 1. The monoisotopic (exact) mass is 452 g/mol. The van der Waals surface area contributed by atoms with Gasteiger partial charge in [-0.15, -0.1) is 0 Å². The standard InChI is InChI=1S/C28H40N2O3/c1-7-8-19-29-27(32)21(2)30(20-23-11-16-25(33-6)17-12-23)26(31)18-13-22-9-14-24(15-10-22)28(3,4)5/h9-12,14-17,21H,7-8,13,18-20H2,1-6H3,(H,29,32). The van der Waals surface area contributed by atoms with E-state index in [0.29, 0.717) is 25.9 Å². The number of amides is 2. The Morgan fingerprint density at radius 1 is 1.00 bits per heavy atom. The van der Waals surface area contributed by atoms with Gasteiger partial charge in [0.25, 0.3) is 0 Å². The van der Waals surface area contributed by atoms with Crippen molar-refractivity contribution in [2.24, 2.45) is 0 Å². The zero-order valence-electron chi connectivity index (χ0n) is 21.1. The van der Waals surface area contributed by atoms with Crippen LogP contribution in [0.4, 0.5) is 0 Å². The number of hydrogen-bond acceptors (Lipinski definition) is 3. The Morgan fingerprint density at radius 2 is 1.61 bits per heavy atom. The fraction of sp³-hybridized carbons (Fsp3) is 0.500. The van der Waals surface area contributed by atoms with Crippen LogP contribution in [0.25, 0.3) is 0 Å². The van der Waals surface area contributed by atoms with E-state index in [0.717, 1.165) is 29.7 Å². The number of rotatable bonds is 11. The predicted octanol–water partition coefficient (Wildman–Crippen LogP) is 5.26. The summed E-state index contributed by atoms with van der Waals surface area (Å²) in [5, 5.41) is 2.96. The summed E-state index contributed by atoms with van der Waals surface area (Å²) in [6, 6.07) is 15.6. The SMILES string of the molecule is CCCCNC(=O)C(C)N(Cc1ccc(OC)cc1)C(=O)CCc1ccc(C(C)(C)C)cc1. The molecule has 0 saturated heterocycles. The van der Waals surface area contributed by atoms with Gasteiger partial charge in [0.2, 0.25) is 11.8 Å². The molecule has 0 aliphatic rings. The molecule has 0 bridgehead atoms. The van der Waals surface area contributed by atoms with Crippen LogP contribution in [0.15, 0.2) is 48.5 Å². The lowest BCUT2D eigenvalue weighted by molar-refractivity contribution is -0.140. The largest absolute Gasteiger partial charge is 0.497 e. The predicted molar refractivity (Wildman–Crippen MR) is 134 cm³/mol. The van der Waals surface area contributed by atoms with Gasteiger partial charge in [-0.2, -0.15) is 0 Å². The highest BCUT2D eigenvalue weighted by Crippen LogP contribution is 2.23. The second-order valence-corrected chi connectivity index (χ2v) is 9.64. The maximum absolute atomic E-state index is 13.3. The van der Waals surface area contributed by atoms with Crippen LogP contribution in [-0.2, 0) is 28.0 Å². The summed E-state index contributed by atoms with van der Waals surface area (Å²) in [7, 11) is 1.63. The minimum Gasteiger partial charge on any atom is -0.497 e. The van der Waals surface area contributed by atoms with Gasteiger partial charge >= 0.3 is 0 Å². The lowest BCUT2D eigenvalue weighted by Crippen LogP contribution is -2.47. The first kappa shape index (κ1) is 26.4. The van der Waals surface area contributed by atoms with Crippen LogP contribution >= 0.6 is 0 Å². The van der Waals surface area contributed by atoms with E-state index in [1.807, 2.05) is 24.3 Å². The molecule has 0 aromatic heterocycles. The lowest BCUT2D eigenvalue weighted by Gasteiger charge is -2.29. The molecule has 0 aliphatic carbocycles. The molecule has 1 N–H and O–H groups in total. The number of unbranched alkanes of at least 4 members (excludes halogenated alkanes) is 1. The first-order chi connectivity index (χ1) is 15.7. The van der Waals surface area contributed by atoms with Gasteiger partial charge in [0.15, 0.2) is 0 Å². The van der Waals surface area contributed by atoms with Crippen molar-refractivity contribution in [2.45, 2.75) is 78.3 Å². The second kappa shape index (κ2) is 12.4. The molecule has 0 saturated carbocycles. The van der Waals surface area contributed by atoms with E-state index in [1.54, 1.807) is 18.9 Å². The molecule has 2 amide bonds. The van der Waals surface area contributed by atoms with E-state index in [4.69, 9.17) is 4.74 Å². The summed E-state index contributed by atoms with van der Waals surface area (Å²) in [6.07, 6.45) is 2.94. The molecule has 0 aliphatic heterocycles. The Hall–Kier alpha value is -2.82. The molecule has 0 radical (unpaired) electrons. The Morgan fingerprint density at radius 3 is 2.15 bits per heavy atom. The topological polar surface area (TPSA) is 58.6 Å². The molecule has 2 aromatic rings. The van der Waals surface area contributed by atoms with Crippen molar-refractivity contribution in [3.8, 4) is 5.75 Å². The third kappa shape index (κ3) is 8.23. The average molecular weight is 453 g/mol. The van der Waals surface area contributed by atoms with Gasteiger partial charge in [0.1, 0.15) is 11.8 Å². The number of carbonyl (C=O) groups is 2. The van der Waals surface area contributed by atoms with Gasteiger partial charge in [0, 0.05) is 19.5 Å². The number of aryl methyl sites for hydroxylation is 1. The highest BCUT2D eigenvalue weighted by molar-refractivity contribution is 5.87. The Kier molecular flexibility index (Phi) is 9.95. The molecule has 33 heavy (non-hydrogen) atoms. The number of carbonyl (C=O) groups excluding carboxylic acids is 2. The van der Waals surface area contributed by atoms with Crippen LogP contribution in [0.5, 0.6) is 5.75 Å². The molecule has 5 heteroatoms. The Bertz CT molecular complexity index is 883. The minimum atomic E-state index is -0.542. The van der Waals surface area contributed by atoms with Gasteiger partial charge in [-0.25, -0.2) is 0 Å². The summed E-state index contributed by atoms with van der Waals surface area (Å²) in [6.45, 7) is 11.5. The molecular weight excluding hydrogens is 412 g/mol. The molecule has 1 unspecified atom stereocenters. The smallest absolute Gasteiger partial charge is 0.242 e. The molecular formula is C28H40N2O3. The van der Waals surface area contributed by atoms with Crippen LogP contribution in [-0.4, -0.2) is 36.4 Å². The minimum absolute atomic E-state index is 0.0242. The van der Waals surface area contributed by atoms with Crippen molar-refractivity contribution in [2.75, 3.05) is 13.7 Å². The summed E-state index contributed by atoms with van der Waals surface area (Å²) in [5.41, 5.74) is 3.47. The Balaban J connectivity index is 2.11. The van der Waals surface area contributed by atoms with Crippen molar-refractivity contribution >= 4 is 11.8 Å². The van der Waals surface area contributed by atoms with Crippen LogP contribution in [0, 0.1) is 0 Å². The third-order valence-corrected chi connectivity index (χ3v) is 5.96. The molecule has 2 aromatic carbocycles. The van der Waals surface area contributed by atoms with E-state index >= 15 is 0 Å². The molecule has 2 rings (SSSR count). The van der Waals surface area contributed by atoms with E-state index in [-0.39, 0.29) is 17.2 Å². The first-order valence-electron chi connectivity index (χ1n) is 11.9. The van der Waals surface area contributed by atoms with Crippen molar-refractivity contribution in [1.29, 1.82) is 0 Å². The van der Waals surface area contributed by atoms with Gasteiger partial charge in [-0.05, 0) is 54.0 Å². The molecule has 180 valence electrons. The average Bonchev–Trinajstić information content (AvgIpc) is 2.80.